The molecule has 1 heterocycles. The zero-order valence-electron chi connectivity index (χ0n) is 12.1. The smallest absolute Gasteiger partial charge is 0.269 e. The number of amides is 1. The number of hydrogen-bond donors (Lipinski definition) is 1. The zero-order chi connectivity index (χ0) is 16.2. The molecule has 0 aliphatic carbocycles. The zero-order valence-corrected chi connectivity index (χ0v) is 12.9. The van der Waals surface area contributed by atoms with Crippen molar-refractivity contribution in [1.82, 2.24) is 10.3 Å². The fourth-order valence-corrected chi connectivity index (χ4v) is 3.06. The highest BCUT2D eigenvalue weighted by molar-refractivity contribution is 7.18. The molecule has 2 aromatic carbocycles. The van der Waals surface area contributed by atoms with Crippen LogP contribution in [0.2, 0.25) is 0 Å². The Bertz CT molecular complexity index is 825. The summed E-state index contributed by atoms with van der Waals surface area (Å²) >= 11 is 1.55. The van der Waals surface area contributed by atoms with Gasteiger partial charge in [-0.3, -0.25) is 14.9 Å². The first-order chi connectivity index (χ1) is 11.1. The molecule has 0 aliphatic rings. The third-order valence-electron chi connectivity index (χ3n) is 3.29. The van der Waals surface area contributed by atoms with E-state index in [1.54, 1.807) is 23.5 Å². The number of nitro groups is 1. The second-order valence-corrected chi connectivity index (χ2v) is 6.07. The maximum atomic E-state index is 12.0. The Kier molecular flexibility index (Phi) is 4.29. The van der Waals surface area contributed by atoms with E-state index in [-0.39, 0.29) is 18.0 Å². The van der Waals surface area contributed by atoms with Gasteiger partial charge in [0.2, 0.25) is 5.91 Å². The molecule has 116 valence electrons. The molecular formula is C16H13N3O3S. The Morgan fingerprint density at radius 1 is 1.17 bits per heavy atom. The Balaban J connectivity index is 1.57. The molecule has 0 radical (unpaired) electrons. The minimum absolute atomic E-state index is 0.0173. The quantitative estimate of drug-likeness (QED) is 0.576. The lowest BCUT2D eigenvalue weighted by atomic mass is 10.1. The lowest BCUT2D eigenvalue weighted by Gasteiger charge is -2.03. The SMILES string of the molecule is O=C(Cc1ccc([N+](=O)[O-])cc1)NCc1nc2ccccc2s1. The van der Waals surface area contributed by atoms with Gasteiger partial charge in [0, 0.05) is 12.1 Å². The Morgan fingerprint density at radius 2 is 1.91 bits per heavy atom. The predicted octanol–water partition coefficient (Wildman–Crippen LogP) is 3.06. The van der Waals surface area contributed by atoms with Gasteiger partial charge in [0.25, 0.3) is 5.69 Å². The number of benzene rings is 2. The molecule has 0 fully saturated rings. The summed E-state index contributed by atoms with van der Waals surface area (Å²) < 4.78 is 1.09. The number of carbonyl (C=O) groups is 1. The average Bonchev–Trinajstić information content (AvgIpc) is 2.96. The molecule has 0 spiro atoms. The van der Waals surface area contributed by atoms with E-state index in [4.69, 9.17) is 0 Å². The first kappa shape index (κ1) is 15.1. The lowest BCUT2D eigenvalue weighted by Crippen LogP contribution is -2.24. The van der Waals surface area contributed by atoms with E-state index in [1.165, 1.54) is 12.1 Å². The number of nitro benzene ring substituents is 1. The number of nitrogens with one attached hydrogen (secondary N) is 1. The monoisotopic (exact) mass is 327 g/mol. The van der Waals surface area contributed by atoms with Crippen LogP contribution in [0.15, 0.2) is 48.5 Å². The topological polar surface area (TPSA) is 85.1 Å². The number of fused-ring (bicyclic) bond motifs is 1. The van der Waals surface area contributed by atoms with Gasteiger partial charge in [-0.05, 0) is 17.7 Å². The Hall–Kier alpha value is -2.80. The Morgan fingerprint density at radius 3 is 2.61 bits per heavy atom. The molecule has 3 rings (SSSR count). The van der Waals surface area contributed by atoms with Gasteiger partial charge in [0.15, 0.2) is 0 Å². The molecule has 0 atom stereocenters. The van der Waals surface area contributed by atoms with Gasteiger partial charge in [-0.15, -0.1) is 11.3 Å². The van der Waals surface area contributed by atoms with Crippen molar-refractivity contribution in [3.05, 3.63) is 69.2 Å². The van der Waals surface area contributed by atoms with Gasteiger partial charge in [-0.1, -0.05) is 24.3 Å². The second kappa shape index (κ2) is 6.53. The number of carbonyl (C=O) groups excluding carboxylic acids is 1. The molecular weight excluding hydrogens is 314 g/mol. The van der Waals surface area contributed by atoms with E-state index < -0.39 is 4.92 Å². The highest BCUT2D eigenvalue weighted by atomic mass is 32.1. The van der Waals surface area contributed by atoms with E-state index in [2.05, 4.69) is 10.3 Å². The molecule has 1 N–H and O–H groups in total. The van der Waals surface area contributed by atoms with Crippen LogP contribution in [0.4, 0.5) is 5.69 Å². The highest BCUT2D eigenvalue weighted by Crippen LogP contribution is 2.21. The van der Waals surface area contributed by atoms with Gasteiger partial charge >= 0.3 is 0 Å². The van der Waals surface area contributed by atoms with Crippen LogP contribution in [-0.4, -0.2) is 15.8 Å². The first-order valence-corrected chi connectivity index (χ1v) is 7.78. The van der Waals surface area contributed by atoms with Gasteiger partial charge in [0.05, 0.1) is 28.1 Å². The Labute approximate surface area is 135 Å². The molecule has 0 aliphatic heterocycles. The van der Waals surface area contributed by atoms with Crippen LogP contribution >= 0.6 is 11.3 Å². The molecule has 0 saturated carbocycles. The second-order valence-electron chi connectivity index (χ2n) is 4.95. The first-order valence-electron chi connectivity index (χ1n) is 6.96. The number of rotatable bonds is 5. The van der Waals surface area contributed by atoms with E-state index >= 15 is 0 Å². The third kappa shape index (κ3) is 3.70. The molecule has 1 aromatic heterocycles. The molecule has 0 saturated heterocycles. The predicted molar refractivity (Wildman–Crippen MR) is 88.3 cm³/mol. The van der Waals surface area contributed by atoms with Gasteiger partial charge in [-0.2, -0.15) is 0 Å². The highest BCUT2D eigenvalue weighted by Gasteiger charge is 2.08. The van der Waals surface area contributed by atoms with E-state index in [1.807, 2.05) is 24.3 Å². The number of non-ortho nitro benzene ring substituents is 1. The van der Waals surface area contributed by atoms with Crippen LogP contribution in [0.25, 0.3) is 10.2 Å². The summed E-state index contributed by atoms with van der Waals surface area (Å²) in [4.78, 5) is 26.5. The maximum absolute atomic E-state index is 12.0. The van der Waals surface area contributed by atoms with Crippen LogP contribution in [0.3, 0.4) is 0 Å². The summed E-state index contributed by atoms with van der Waals surface area (Å²) in [7, 11) is 0. The summed E-state index contributed by atoms with van der Waals surface area (Å²) in [5, 5.41) is 14.3. The van der Waals surface area contributed by atoms with Crippen LogP contribution in [0.1, 0.15) is 10.6 Å². The van der Waals surface area contributed by atoms with E-state index in [9.17, 15) is 14.9 Å². The molecule has 3 aromatic rings. The minimum Gasteiger partial charge on any atom is -0.349 e. The van der Waals surface area contributed by atoms with Gasteiger partial charge in [0.1, 0.15) is 5.01 Å². The molecule has 0 bridgehead atoms. The van der Waals surface area contributed by atoms with Crippen LogP contribution in [0.5, 0.6) is 0 Å². The standard InChI is InChI=1S/C16H13N3O3S/c20-15(9-11-5-7-12(8-6-11)19(21)22)17-10-16-18-13-3-1-2-4-14(13)23-16/h1-8H,9-10H2,(H,17,20). The average molecular weight is 327 g/mol. The van der Waals surface area contributed by atoms with Crippen molar-refractivity contribution in [2.75, 3.05) is 0 Å². The summed E-state index contributed by atoms with van der Waals surface area (Å²) in [5.41, 5.74) is 1.68. The summed E-state index contributed by atoms with van der Waals surface area (Å²) in [6, 6.07) is 13.8. The van der Waals surface area contributed by atoms with Gasteiger partial charge in [-0.25, -0.2) is 4.98 Å². The van der Waals surface area contributed by atoms with Crippen molar-refractivity contribution >= 4 is 33.1 Å². The largest absolute Gasteiger partial charge is 0.349 e. The normalized spacial score (nSPS) is 10.6. The van der Waals surface area contributed by atoms with Crippen molar-refractivity contribution in [1.29, 1.82) is 0 Å². The van der Waals surface area contributed by atoms with Crippen molar-refractivity contribution in [2.24, 2.45) is 0 Å². The number of hydrogen-bond acceptors (Lipinski definition) is 5. The van der Waals surface area contributed by atoms with E-state index in [0.717, 1.165) is 20.8 Å². The minimum atomic E-state index is -0.461. The fraction of sp³-hybridized carbons (Fsp3) is 0.125. The number of thiazole rings is 1. The number of aromatic nitrogens is 1. The van der Waals surface area contributed by atoms with Crippen molar-refractivity contribution in [2.45, 2.75) is 13.0 Å². The van der Waals surface area contributed by atoms with Crippen molar-refractivity contribution < 1.29 is 9.72 Å². The summed E-state index contributed by atoms with van der Waals surface area (Å²) in [5.74, 6) is -0.141. The fourth-order valence-electron chi connectivity index (χ4n) is 2.15. The van der Waals surface area contributed by atoms with Crippen LogP contribution in [-0.2, 0) is 17.8 Å². The lowest BCUT2D eigenvalue weighted by molar-refractivity contribution is -0.384. The number of para-hydroxylation sites is 1. The van der Waals surface area contributed by atoms with Crippen LogP contribution in [0, 0.1) is 10.1 Å². The molecule has 6 nitrogen and oxygen atoms in total. The molecule has 0 unspecified atom stereocenters. The van der Waals surface area contributed by atoms with Gasteiger partial charge < -0.3 is 5.32 Å². The van der Waals surface area contributed by atoms with Crippen molar-refractivity contribution in [3.8, 4) is 0 Å². The van der Waals surface area contributed by atoms with E-state index in [0.29, 0.717) is 6.54 Å². The molecule has 23 heavy (non-hydrogen) atoms. The number of nitrogens with zero attached hydrogens (tertiary/aromatic N) is 2. The summed E-state index contributed by atoms with van der Waals surface area (Å²) in [6.45, 7) is 0.380. The van der Waals surface area contributed by atoms with Crippen LogP contribution < -0.4 is 5.32 Å². The van der Waals surface area contributed by atoms with Crippen molar-refractivity contribution in [3.63, 3.8) is 0 Å². The molecule has 7 heteroatoms. The maximum Gasteiger partial charge on any atom is 0.269 e. The molecule has 1 amide bonds. The third-order valence-corrected chi connectivity index (χ3v) is 4.32. The summed E-state index contributed by atoms with van der Waals surface area (Å²) in [6.07, 6.45) is 0.183.